The molecule has 2 rings (SSSR count). The second kappa shape index (κ2) is 7.13. The van der Waals surface area contributed by atoms with Crippen LogP contribution in [0.1, 0.15) is 24.4 Å². The molecule has 0 fully saturated rings. The van der Waals surface area contributed by atoms with Crippen molar-refractivity contribution in [3.63, 3.8) is 0 Å². The Bertz CT molecular complexity index is 601. The molecule has 6 nitrogen and oxygen atoms in total. The van der Waals surface area contributed by atoms with Gasteiger partial charge < -0.3 is 10.2 Å². The number of amides is 2. The summed E-state index contributed by atoms with van der Waals surface area (Å²) in [6.07, 6.45) is 0.581. The van der Waals surface area contributed by atoms with E-state index in [1.165, 1.54) is 12.1 Å². The van der Waals surface area contributed by atoms with Gasteiger partial charge >= 0.3 is 0 Å². The first kappa shape index (κ1) is 16.1. The molecule has 22 heavy (non-hydrogen) atoms. The Balaban J connectivity index is 2.00. The van der Waals surface area contributed by atoms with Gasteiger partial charge in [-0.25, -0.2) is 9.82 Å². The van der Waals surface area contributed by atoms with E-state index in [9.17, 15) is 14.0 Å². The third kappa shape index (κ3) is 4.11. The van der Waals surface area contributed by atoms with Crippen molar-refractivity contribution in [3.8, 4) is 0 Å². The summed E-state index contributed by atoms with van der Waals surface area (Å²) >= 11 is 0. The van der Waals surface area contributed by atoms with Gasteiger partial charge in [0.2, 0.25) is 5.91 Å². The average Bonchev–Trinajstić information content (AvgIpc) is 2.47. The topological polar surface area (TPSA) is 73.8 Å². The average molecular weight is 306 g/mol. The summed E-state index contributed by atoms with van der Waals surface area (Å²) in [5.41, 5.74) is 3.37. The highest BCUT2D eigenvalue weighted by Crippen LogP contribution is 2.18. The first-order valence-corrected chi connectivity index (χ1v) is 7.03. The molecule has 2 amide bonds. The monoisotopic (exact) mass is 306 g/mol. The molecule has 0 spiro atoms. The predicted octanol–water partition coefficient (Wildman–Crippen LogP) is 0.811. The number of hydrogen-bond donors (Lipinski definition) is 2. The van der Waals surface area contributed by atoms with Crippen LogP contribution in [-0.4, -0.2) is 43.1 Å². The fourth-order valence-electron chi connectivity index (χ4n) is 2.24. The van der Waals surface area contributed by atoms with Crippen molar-refractivity contribution < 1.29 is 14.0 Å². The Kier molecular flexibility index (Phi) is 5.21. The third-order valence-electron chi connectivity index (χ3n) is 3.48. The molecule has 1 aliphatic rings. The van der Waals surface area contributed by atoms with Gasteiger partial charge in [0.1, 0.15) is 11.5 Å². The molecule has 0 radical (unpaired) electrons. The van der Waals surface area contributed by atoms with Gasteiger partial charge in [-0.15, -0.1) is 0 Å². The molecule has 0 bridgehead atoms. The van der Waals surface area contributed by atoms with E-state index in [0.29, 0.717) is 18.7 Å². The van der Waals surface area contributed by atoms with Crippen LogP contribution in [0, 0.1) is 5.82 Å². The number of nitrogens with one attached hydrogen (secondary N) is 2. The van der Waals surface area contributed by atoms with Crippen molar-refractivity contribution in [2.45, 2.75) is 18.9 Å². The Labute approximate surface area is 128 Å². The number of carbonyl (C=O) groups excluding carboxylic acids is 2. The van der Waals surface area contributed by atoms with Crippen molar-refractivity contribution in [3.05, 3.63) is 35.6 Å². The lowest BCUT2D eigenvalue weighted by Crippen LogP contribution is -2.40. The van der Waals surface area contributed by atoms with Gasteiger partial charge in [-0.2, -0.15) is 5.10 Å². The zero-order valence-corrected chi connectivity index (χ0v) is 12.6. The molecule has 0 aliphatic carbocycles. The quantitative estimate of drug-likeness (QED) is 0.845. The maximum atomic E-state index is 13.4. The van der Waals surface area contributed by atoms with Gasteiger partial charge in [0, 0.05) is 19.4 Å². The second-order valence-electron chi connectivity index (χ2n) is 5.34. The lowest BCUT2D eigenvalue weighted by atomic mass is 10.1. The molecule has 118 valence electrons. The van der Waals surface area contributed by atoms with Crippen LogP contribution in [0.25, 0.3) is 0 Å². The van der Waals surface area contributed by atoms with Crippen LogP contribution in [0.2, 0.25) is 0 Å². The predicted molar refractivity (Wildman–Crippen MR) is 80.6 cm³/mol. The summed E-state index contributed by atoms with van der Waals surface area (Å²) in [4.78, 5) is 25.0. The van der Waals surface area contributed by atoms with Crippen LogP contribution < -0.4 is 10.7 Å². The number of nitrogens with zero attached hydrogens (tertiary/aromatic N) is 2. The fourth-order valence-corrected chi connectivity index (χ4v) is 2.24. The van der Waals surface area contributed by atoms with Crippen LogP contribution in [0.5, 0.6) is 0 Å². The minimum Gasteiger partial charge on any atom is -0.349 e. The van der Waals surface area contributed by atoms with E-state index in [4.69, 9.17) is 0 Å². The van der Waals surface area contributed by atoms with Gasteiger partial charge in [-0.3, -0.25) is 9.59 Å². The van der Waals surface area contributed by atoms with E-state index in [0.717, 1.165) is 5.56 Å². The smallest absolute Gasteiger partial charge is 0.267 e. The molecule has 1 aromatic rings. The molecule has 1 heterocycles. The fraction of sp³-hybridized carbons (Fsp3) is 0.400. The Hall–Kier alpha value is -2.28. The summed E-state index contributed by atoms with van der Waals surface area (Å²) in [6, 6.07) is 6.14. The molecule has 0 aromatic heterocycles. The molecule has 1 aromatic carbocycles. The molecule has 2 N–H and O–H groups in total. The van der Waals surface area contributed by atoms with Gasteiger partial charge in [0.25, 0.3) is 5.91 Å². The molecular weight excluding hydrogens is 287 g/mol. The second-order valence-corrected chi connectivity index (χ2v) is 5.34. The summed E-state index contributed by atoms with van der Waals surface area (Å²) in [5.74, 6) is -0.819. The first-order valence-electron chi connectivity index (χ1n) is 7.03. The van der Waals surface area contributed by atoms with Crippen LogP contribution in [0.15, 0.2) is 29.4 Å². The van der Waals surface area contributed by atoms with Crippen molar-refractivity contribution in [1.82, 2.24) is 15.6 Å². The molecule has 1 aliphatic heterocycles. The van der Waals surface area contributed by atoms with Crippen molar-refractivity contribution in [1.29, 1.82) is 0 Å². The number of hydrogen-bond acceptors (Lipinski definition) is 4. The van der Waals surface area contributed by atoms with E-state index in [1.54, 1.807) is 6.07 Å². The van der Waals surface area contributed by atoms with E-state index in [1.807, 2.05) is 25.1 Å². The van der Waals surface area contributed by atoms with Crippen LogP contribution in [-0.2, 0) is 9.59 Å². The molecular formula is C15H19FN4O2. The minimum absolute atomic E-state index is 0.154. The summed E-state index contributed by atoms with van der Waals surface area (Å²) < 4.78 is 13.4. The molecule has 1 unspecified atom stereocenters. The standard InChI is InChI=1S/C15H19FN4O2/c1-20(2)13(10-4-3-5-11(16)8-10)9-17-15(22)12-6-7-14(21)19-18-12/h3-5,8,13H,6-7,9H2,1-2H3,(H,17,22)(H,19,21). The molecule has 7 heteroatoms. The Morgan fingerprint density at radius 2 is 2.23 bits per heavy atom. The summed E-state index contributed by atoms with van der Waals surface area (Å²) in [6.45, 7) is 0.322. The highest BCUT2D eigenvalue weighted by Gasteiger charge is 2.20. The maximum Gasteiger partial charge on any atom is 0.267 e. The highest BCUT2D eigenvalue weighted by atomic mass is 19.1. The summed E-state index contributed by atoms with van der Waals surface area (Å²) in [7, 11) is 3.72. The SMILES string of the molecule is CN(C)C(CNC(=O)C1=NNC(=O)CC1)c1cccc(F)c1. The zero-order chi connectivity index (χ0) is 16.1. The van der Waals surface area contributed by atoms with E-state index >= 15 is 0 Å². The lowest BCUT2D eigenvalue weighted by molar-refractivity contribution is -0.121. The summed E-state index contributed by atoms with van der Waals surface area (Å²) in [5, 5.41) is 6.53. The van der Waals surface area contributed by atoms with Crippen LogP contribution >= 0.6 is 0 Å². The number of likely N-dealkylation sites (N-methyl/N-ethyl adjacent to an activating group) is 1. The van der Waals surface area contributed by atoms with Gasteiger partial charge in [-0.1, -0.05) is 12.1 Å². The number of rotatable bonds is 5. The molecule has 1 atom stereocenters. The lowest BCUT2D eigenvalue weighted by Gasteiger charge is -2.25. The number of benzene rings is 1. The van der Waals surface area contributed by atoms with Gasteiger partial charge in [0.05, 0.1) is 6.04 Å². The van der Waals surface area contributed by atoms with Crippen LogP contribution in [0.3, 0.4) is 0 Å². The van der Waals surface area contributed by atoms with Gasteiger partial charge in [0.15, 0.2) is 0 Å². The minimum atomic E-state index is -0.316. The number of carbonyl (C=O) groups is 2. The molecule has 0 saturated heterocycles. The number of halogens is 1. The highest BCUT2D eigenvalue weighted by molar-refractivity contribution is 6.39. The Morgan fingerprint density at radius 1 is 1.45 bits per heavy atom. The Morgan fingerprint density at radius 3 is 2.82 bits per heavy atom. The number of hydrazone groups is 1. The van der Waals surface area contributed by atoms with E-state index in [-0.39, 0.29) is 30.1 Å². The van der Waals surface area contributed by atoms with E-state index < -0.39 is 0 Å². The normalized spacial score (nSPS) is 16.0. The maximum absolute atomic E-state index is 13.4. The van der Waals surface area contributed by atoms with Crippen LogP contribution in [0.4, 0.5) is 4.39 Å². The largest absolute Gasteiger partial charge is 0.349 e. The van der Waals surface area contributed by atoms with Crippen molar-refractivity contribution in [2.75, 3.05) is 20.6 Å². The van der Waals surface area contributed by atoms with Gasteiger partial charge in [-0.05, 0) is 31.8 Å². The first-order chi connectivity index (χ1) is 10.5. The molecule has 0 saturated carbocycles. The van der Waals surface area contributed by atoms with Crippen molar-refractivity contribution in [2.24, 2.45) is 5.10 Å². The van der Waals surface area contributed by atoms with E-state index in [2.05, 4.69) is 15.8 Å². The third-order valence-corrected chi connectivity index (χ3v) is 3.48. The van der Waals surface area contributed by atoms with Crippen molar-refractivity contribution >= 4 is 17.5 Å². The zero-order valence-electron chi connectivity index (χ0n) is 12.6.